The molecule has 1 amide bonds. The van der Waals surface area contributed by atoms with E-state index in [4.69, 9.17) is 4.74 Å². The Bertz CT molecular complexity index is 444. The lowest BCUT2D eigenvalue weighted by Crippen LogP contribution is -2.34. The van der Waals surface area contributed by atoms with Gasteiger partial charge in [0.05, 0.1) is 12.7 Å². The summed E-state index contributed by atoms with van der Waals surface area (Å²) in [5.41, 5.74) is 1.72. The van der Waals surface area contributed by atoms with E-state index in [9.17, 15) is 4.79 Å². The number of alkyl halides is 1. The van der Waals surface area contributed by atoms with Crippen LogP contribution < -0.4 is 10.1 Å². The smallest absolute Gasteiger partial charge is 0.255 e. The van der Waals surface area contributed by atoms with Crippen molar-refractivity contribution in [3.8, 4) is 5.75 Å². The highest BCUT2D eigenvalue weighted by Gasteiger charge is 2.19. The summed E-state index contributed by atoms with van der Waals surface area (Å²) in [5, 5.41) is 3.92. The number of rotatable bonds is 6. The number of hydrogen-bond acceptors (Lipinski definition) is 2. The summed E-state index contributed by atoms with van der Waals surface area (Å²) >= 11 is 3.44. The lowest BCUT2D eigenvalue weighted by Gasteiger charge is -2.24. The standard InChI is InChI=1S/C15H22BrNO2/c1-11-5-6-13(19-4)12(9-11)14(18)17-10-15(2,3)7-8-16/h5-6,9H,7-8,10H2,1-4H3,(H,17,18). The van der Waals surface area contributed by atoms with Gasteiger partial charge in [0.15, 0.2) is 0 Å². The lowest BCUT2D eigenvalue weighted by atomic mass is 9.90. The summed E-state index contributed by atoms with van der Waals surface area (Å²) < 4.78 is 5.23. The Hall–Kier alpha value is -1.03. The maximum atomic E-state index is 12.2. The topological polar surface area (TPSA) is 38.3 Å². The maximum absolute atomic E-state index is 12.2. The van der Waals surface area contributed by atoms with Crippen LogP contribution in [-0.4, -0.2) is 24.9 Å². The van der Waals surface area contributed by atoms with Gasteiger partial charge >= 0.3 is 0 Å². The second-order valence-electron chi connectivity index (χ2n) is 5.49. The lowest BCUT2D eigenvalue weighted by molar-refractivity contribution is 0.0933. The molecule has 0 heterocycles. The Labute approximate surface area is 123 Å². The molecule has 3 nitrogen and oxygen atoms in total. The van der Waals surface area contributed by atoms with Crippen molar-refractivity contribution in [2.45, 2.75) is 27.2 Å². The number of carbonyl (C=O) groups is 1. The molecule has 0 radical (unpaired) electrons. The molecule has 0 aromatic heterocycles. The fourth-order valence-electron chi connectivity index (χ4n) is 1.76. The number of nitrogens with one attached hydrogen (secondary N) is 1. The fourth-order valence-corrected chi connectivity index (χ4v) is 2.83. The molecule has 0 unspecified atom stereocenters. The van der Waals surface area contributed by atoms with Crippen LogP contribution in [0.25, 0.3) is 0 Å². The van der Waals surface area contributed by atoms with Gasteiger partial charge in [-0.15, -0.1) is 0 Å². The van der Waals surface area contributed by atoms with Gasteiger partial charge in [-0.2, -0.15) is 0 Å². The molecule has 0 aliphatic rings. The predicted molar refractivity (Wildman–Crippen MR) is 82.3 cm³/mol. The van der Waals surface area contributed by atoms with E-state index in [0.717, 1.165) is 17.3 Å². The van der Waals surface area contributed by atoms with Gasteiger partial charge in [-0.1, -0.05) is 41.4 Å². The SMILES string of the molecule is COc1ccc(C)cc1C(=O)NCC(C)(C)CCBr. The minimum Gasteiger partial charge on any atom is -0.496 e. The monoisotopic (exact) mass is 327 g/mol. The number of hydrogen-bond donors (Lipinski definition) is 1. The minimum absolute atomic E-state index is 0.0796. The van der Waals surface area contributed by atoms with Gasteiger partial charge in [-0.25, -0.2) is 0 Å². The van der Waals surface area contributed by atoms with Crippen LogP contribution in [0.1, 0.15) is 36.2 Å². The summed E-state index contributed by atoms with van der Waals surface area (Å²) in [5.74, 6) is 0.532. The molecular weight excluding hydrogens is 306 g/mol. The highest BCUT2D eigenvalue weighted by Crippen LogP contribution is 2.22. The van der Waals surface area contributed by atoms with E-state index in [1.165, 1.54) is 0 Å². The molecule has 1 N–H and O–H groups in total. The molecule has 19 heavy (non-hydrogen) atoms. The fraction of sp³-hybridized carbons (Fsp3) is 0.533. The van der Waals surface area contributed by atoms with Crippen LogP contribution in [0.2, 0.25) is 0 Å². The molecule has 0 aliphatic heterocycles. The quantitative estimate of drug-likeness (QED) is 0.811. The van der Waals surface area contributed by atoms with E-state index < -0.39 is 0 Å². The van der Waals surface area contributed by atoms with E-state index in [2.05, 4.69) is 35.1 Å². The third-order valence-corrected chi connectivity index (χ3v) is 3.49. The number of amides is 1. The van der Waals surface area contributed by atoms with Crippen LogP contribution in [0.4, 0.5) is 0 Å². The Balaban J connectivity index is 2.76. The van der Waals surface area contributed by atoms with Crippen LogP contribution in [0.15, 0.2) is 18.2 Å². The number of halogens is 1. The molecule has 4 heteroatoms. The zero-order valence-corrected chi connectivity index (χ0v) is 13.6. The molecule has 1 rings (SSSR count). The summed E-state index contributed by atoms with van der Waals surface area (Å²) in [4.78, 5) is 12.2. The first kappa shape index (κ1) is 16.0. The average Bonchev–Trinajstić information content (AvgIpc) is 2.36. The van der Waals surface area contributed by atoms with E-state index >= 15 is 0 Å². The van der Waals surface area contributed by atoms with Crippen molar-refractivity contribution in [3.05, 3.63) is 29.3 Å². The minimum atomic E-state index is -0.0804. The maximum Gasteiger partial charge on any atom is 0.255 e. The van der Waals surface area contributed by atoms with Crippen molar-refractivity contribution in [2.75, 3.05) is 19.0 Å². The number of benzene rings is 1. The summed E-state index contributed by atoms with van der Waals surface area (Å²) in [6, 6.07) is 5.61. The molecule has 106 valence electrons. The van der Waals surface area contributed by atoms with E-state index in [1.807, 2.05) is 25.1 Å². The number of carbonyl (C=O) groups excluding carboxylic acids is 1. The number of ether oxygens (including phenoxy) is 1. The van der Waals surface area contributed by atoms with Crippen molar-refractivity contribution in [1.82, 2.24) is 5.32 Å². The van der Waals surface area contributed by atoms with Gasteiger partial charge in [0.1, 0.15) is 5.75 Å². The van der Waals surface area contributed by atoms with Crippen molar-refractivity contribution >= 4 is 21.8 Å². The highest BCUT2D eigenvalue weighted by molar-refractivity contribution is 9.09. The molecule has 1 aromatic carbocycles. The van der Waals surface area contributed by atoms with Gasteiger partial charge in [0, 0.05) is 11.9 Å². The number of aryl methyl sites for hydroxylation is 1. The summed E-state index contributed by atoms with van der Waals surface area (Å²) in [6.45, 7) is 6.89. The zero-order chi connectivity index (χ0) is 14.5. The van der Waals surface area contributed by atoms with Crippen LogP contribution in [-0.2, 0) is 0 Å². The molecule has 0 aliphatic carbocycles. The van der Waals surface area contributed by atoms with Crippen molar-refractivity contribution in [1.29, 1.82) is 0 Å². The molecule has 0 bridgehead atoms. The first-order valence-electron chi connectivity index (χ1n) is 6.38. The van der Waals surface area contributed by atoms with E-state index in [1.54, 1.807) is 7.11 Å². The molecular formula is C15H22BrNO2. The summed E-state index contributed by atoms with van der Waals surface area (Å²) in [6.07, 6.45) is 1.01. The van der Waals surface area contributed by atoms with Gasteiger partial charge in [-0.05, 0) is 30.9 Å². The first-order valence-corrected chi connectivity index (χ1v) is 7.50. The normalized spacial score (nSPS) is 11.2. The highest BCUT2D eigenvalue weighted by atomic mass is 79.9. The van der Waals surface area contributed by atoms with Crippen LogP contribution in [0.5, 0.6) is 5.75 Å². The first-order chi connectivity index (χ1) is 8.89. The average molecular weight is 328 g/mol. The molecule has 1 aromatic rings. The van der Waals surface area contributed by atoms with Crippen molar-refractivity contribution in [2.24, 2.45) is 5.41 Å². The largest absolute Gasteiger partial charge is 0.496 e. The second kappa shape index (κ2) is 6.94. The Morgan fingerprint density at radius 1 is 1.42 bits per heavy atom. The number of methoxy groups -OCH3 is 1. The van der Waals surface area contributed by atoms with E-state index in [-0.39, 0.29) is 11.3 Å². The third-order valence-electron chi connectivity index (χ3n) is 3.10. The van der Waals surface area contributed by atoms with Crippen LogP contribution in [0.3, 0.4) is 0 Å². The predicted octanol–water partition coefficient (Wildman–Crippen LogP) is 3.54. The van der Waals surface area contributed by atoms with Gasteiger partial charge in [0.2, 0.25) is 0 Å². The van der Waals surface area contributed by atoms with Crippen LogP contribution in [0, 0.1) is 12.3 Å². The Kier molecular flexibility index (Phi) is 5.85. The molecule has 0 saturated heterocycles. The Morgan fingerprint density at radius 3 is 2.68 bits per heavy atom. The molecule has 0 spiro atoms. The van der Waals surface area contributed by atoms with Gasteiger partial charge in [0.25, 0.3) is 5.91 Å². The molecule has 0 fully saturated rings. The van der Waals surface area contributed by atoms with Gasteiger partial charge < -0.3 is 10.1 Å². The van der Waals surface area contributed by atoms with Gasteiger partial charge in [-0.3, -0.25) is 4.79 Å². The van der Waals surface area contributed by atoms with Crippen molar-refractivity contribution < 1.29 is 9.53 Å². The summed E-state index contributed by atoms with van der Waals surface area (Å²) in [7, 11) is 1.58. The van der Waals surface area contributed by atoms with E-state index in [0.29, 0.717) is 17.9 Å². The third kappa shape index (κ3) is 4.86. The molecule has 0 atom stereocenters. The Morgan fingerprint density at radius 2 is 2.11 bits per heavy atom. The zero-order valence-electron chi connectivity index (χ0n) is 12.0. The van der Waals surface area contributed by atoms with Crippen LogP contribution >= 0.6 is 15.9 Å². The second-order valence-corrected chi connectivity index (χ2v) is 6.28. The van der Waals surface area contributed by atoms with Crippen molar-refractivity contribution in [3.63, 3.8) is 0 Å². The molecule has 0 saturated carbocycles.